The summed E-state index contributed by atoms with van der Waals surface area (Å²) in [4.78, 5) is 18.6. The van der Waals surface area contributed by atoms with Gasteiger partial charge in [-0.3, -0.25) is 0 Å². The predicted octanol–water partition coefficient (Wildman–Crippen LogP) is 2.28. The molecule has 2 aliphatic heterocycles. The van der Waals surface area contributed by atoms with E-state index in [0.717, 1.165) is 38.9 Å². The first kappa shape index (κ1) is 17.0. The average Bonchev–Trinajstić information content (AvgIpc) is 3.29. The number of pyridine rings is 1. The van der Waals surface area contributed by atoms with Gasteiger partial charge in [-0.15, -0.1) is 0 Å². The first-order chi connectivity index (χ1) is 11.7. The number of methoxy groups -OCH3 is 1. The van der Waals surface area contributed by atoms with E-state index in [-0.39, 0.29) is 18.2 Å². The van der Waals surface area contributed by atoms with E-state index in [9.17, 15) is 4.79 Å². The number of nitrogens with zero attached hydrogens (tertiary/aromatic N) is 2. The van der Waals surface area contributed by atoms with E-state index >= 15 is 0 Å². The van der Waals surface area contributed by atoms with Crippen molar-refractivity contribution in [3.63, 3.8) is 0 Å². The highest BCUT2D eigenvalue weighted by molar-refractivity contribution is 5.89. The summed E-state index contributed by atoms with van der Waals surface area (Å²) in [6.07, 6.45) is 5.94. The van der Waals surface area contributed by atoms with E-state index in [0.29, 0.717) is 24.7 Å². The lowest BCUT2D eigenvalue weighted by atomic mass is 10.2. The monoisotopic (exact) mass is 335 g/mol. The van der Waals surface area contributed by atoms with Gasteiger partial charge in [0.15, 0.2) is 0 Å². The number of urea groups is 1. The number of rotatable bonds is 6. The molecule has 0 saturated carbocycles. The molecule has 0 radical (unpaired) electrons. The third kappa shape index (κ3) is 4.58. The fourth-order valence-electron chi connectivity index (χ4n) is 3.09. The summed E-state index contributed by atoms with van der Waals surface area (Å²) in [5.74, 6) is 0.517. The van der Waals surface area contributed by atoms with Gasteiger partial charge in [-0.25, -0.2) is 9.78 Å². The summed E-state index contributed by atoms with van der Waals surface area (Å²) < 4.78 is 16.4. The summed E-state index contributed by atoms with van der Waals surface area (Å²) in [6.45, 7) is 2.75. The summed E-state index contributed by atoms with van der Waals surface area (Å²) >= 11 is 0. The summed E-state index contributed by atoms with van der Waals surface area (Å²) in [5, 5.41) is 2.90. The SMILES string of the molecule is COc1ccc(NC(=O)N(C[C@H]2CCCO2)C[C@@H]2CCCO2)cn1. The van der Waals surface area contributed by atoms with E-state index in [1.807, 2.05) is 0 Å². The summed E-state index contributed by atoms with van der Waals surface area (Å²) in [5.41, 5.74) is 0.644. The third-order valence-corrected chi connectivity index (χ3v) is 4.38. The van der Waals surface area contributed by atoms with Crippen molar-refractivity contribution in [3.8, 4) is 5.88 Å². The molecular formula is C17H25N3O4. The minimum absolute atomic E-state index is 0.117. The first-order valence-corrected chi connectivity index (χ1v) is 8.54. The highest BCUT2D eigenvalue weighted by atomic mass is 16.5. The quantitative estimate of drug-likeness (QED) is 0.863. The van der Waals surface area contributed by atoms with E-state index in [1.165, 1.54) is 0 Å². The number of carbonyl (C=O) groups excluding carboxylic acids is 1. The second kappa shape index (κ2) is 8.30. The Morgan fingerprint density at radius 3 is 2.38 bits per heavy atom. The molecule has 2 amide bonds. The highest BCUT2D eigenvalue weighted by Crippen LogP contribution is 2.18. The zero-order valence-electron chi connectivity index (χ0n) is 14.1. The Balaban J connectivity index is 1.61. The van der Waals surface area contributed by atoms with Crippen molar-refractivity contribution in [2.45, 2.75) is 37.9 Å². The molecule has 2 fully saturated rings. The van der Waals surface area contributed by atoms with Crippen LogP contribution in [0.3, 0.4) is 0 Å². The van der Waals surface area contributed by atoms with Crippen LogP contribution in [-0.4, -0.2) is 61.5 Å². The van der Waals surface area contributed by atoms with Crippen LogP contribution >= 0.6 is 0 Å². The molecule has 7 heteroatoms. The Kier molecular flexibility index (Phi) is 5.87. The fraction of sp³-hybridized carbons (Fsp3) is 0.647. The predicted molar refractivity (Wildman–Crippen MR) is 89.3 cm³/mol. The molecule has 2 saturated heterocycles. The molecule has 24 heavy (non-hydrogen) atoms. The number of aromatic nitrogens is 1. The number of ether oxygens (including phenoxy) is 3. The van der Waals surface area contributed by atoms with Crippen LogP contribution in [0.5, 0.6) is 5.88 Å². The molecule has 0 aliphatic carbocycles. The summed E-state index contributed by atoms with van der Waals surface area (Å²) in [7, 11) is 1.56. The Morgan fingerprint density at radius 2 is 1.92 bits per heavy atom. The van der Waals surface area contributed by atoms with Gasteiger partial charge in [-0.1, -0.05) is 0 Å². The van der Waals surface area contributed by atoms with Gasteiger partial charge in [0, 0.05) is 32.4 Å². The van der Waals surface area contributed by atoms with Gasteiger partial charge in [-0.2, -0.15) is 0 Å². The Hall–Kier alpha value is -1.86. The Bertz CT molecular complexity index is 507. The molecule has 2 atom stereocenters. The molecule has 0 bridgehead atoms. The van der Waals surface area contributed by atoms with Crippen LogP contribution in [0, 0.1) is 0 Å². The van der Waals surface area contributed by atoms with Gasteiger partial charge in [-0.05, 0) is 31.7 Å². The van der Waals surface area contributed by atoms with E-state index in [1.54, 1.807) is 30.3 Å². The molecule has 3 rings (SSSR count). The van der Waals surface area contributed by atoms with Crippen molar-refractivity contribution >= 4 is 11.7 Å². The second-order valence-electron chi connectivity index (χ2n) is 6.19. The molecule has 1 N–H and O–H groups in total. The number of carbonyl (C=O) groups is 1. The molecule has 0 spiro atoms. The van der Waals surface area contributed by atoms with Gasteiger partial charge in [0.1, 0.15) is 0 Å². The molecular weight excluding hydrogens is 310 g/mol. The van der Waals surface area contributed by atoms with Crippen LogP contribution in [0.2, 0.25) is 0 Å². The lowest BCUT2D eigenvalue weighted by Crippen LogP contribution is -2.44. The average molecular weight is 335 g/mol. The molecule has 0 unspecified atom stereocenters. The maximum Gasteiger partial charge on any atom is 0.322 e. The largest absolute Gasteiger partial charge is 0.481 e. The van der Waals surface area contributed by atoms with Crippen LogP contribution < -0.4 is 10.1 Å². The van der Waals surface area contributed by atoms with E-state index in [4.69, 9.17) is 14.2 Å². The number of nitrogens with one attached hydrogen (secondary N) is 1. The molecule has 2 aliphatic rings. The minimum atomic E-state index is -0.145. The van der Waals surface area contributed by atoms with Crippen molar-refractivity contribution in [2.75, 3.05) is 38.7 Å². The highest BCUT2D eigenvalue weighted by Gasteiger charge is 2.27. The molecule has 3 heterocycles. The zero-order chi connectivity index (χ0) is 16.8. The van der Waals surface area contributed by atoms with E-state index in [2.05, 4.69) is 10.3 Å². The van der Waals surface area contributed by atoms with Crippen LogP contribution in [0.25, 0.3) is 0 Å². The number of amides is 2. The maximum absolute atomic E-state index is 12.7. The smallest absolute Gasteiger partial charge is 0.322 e. The van der Waals surface area contributed by atoms with Crippen molar-refractivity contribution < 1.29 is 19.0 Å². The molecule has 0 aromatic carbocycles. The third-order valence-electron chi connectivity index (χ3n) is 4.38. The first-order valence-electron chi connectivity index (χ1n) is 8.54. The van der Waals surface area contributed by atoms with Crippen molar-refractivity contribution in [2.24, 2.45) is 0 Å². The van der Waals surface area contributed by atoms with Crippen LogP contribution in [0.15, 0.2) is 18.3 Å². The van der Waals surface area contributed by atoms with Gasteiger partial charge in [0.2, 0.25) is 5.88 Å². The van der Waals surface area contributed by atoms with Crippen LogP contribution in [0.1, 0.15) is 25.7 Å². The van der Waals surface area contributed by atoms with Gasteiger partial charge in [0.25, 0.3) is 0 Å². The number of hydrogen-bond donors (Lipinski definition) is 1. The lowest BCUT2D eigenvalue weighted by Gasteiger charge is -2.28. The standard InChI is InChI=1S/C17H25N3O4/c1-22-16-7-6-13(10-18-16)19-17(21)20(11-14-4-2-8-23-14)12-15-5-3-9-24-15/h6-7,10,14-15H,2-5,8-9,11-12H2,1H3,(H,19,21)/t14-,15+. The number of anilines is 1. The van der Waals surface area contributed by atoms with Crippen LogP contribution in [-0.2, 0) is 9.47 Å². The van der Waals surface area contributed by atoms with E-state index < -0.39 is 0 Å². The normalized spacial score (nSPS) is 23.2. The molecule has 1 aromatic heterocycles. The van der Waals surface area contributed by atoms with Crippen molar-refractivity contribution in [3.05, 3.63) is 18.3 Å². The second-order valence-corrected chi connectivity index (χ2v) is 6.19. The lowest BCUT2D eigenvalue weighted by molar-refractivity contribution is 0.0524. The minimum Gasteiger partial charge on any atom is -0.481 e. The zero-order valence-corrected chi connectivity index (χ0v) is 14.1. The summed E-state index contributed by atoms with van der Waals surface area (Å²) in [6, 6.07) is 3.35. The van der Waals surface area contributed by atoms with Crippen molar-refractivity contribution in [1.82, 2.24) is 9.88 Å². The Morgan fingerprint density at radius 1 is 1.25 bits per heavy atom. The molecule has 7 nitrogen and oxygen atoms in total. The van der Waals surface area contributed by atoms with Crippen LogP contribution in [0.4, 0.5) is 10.5 Å². The number of hydrogen-bond acceptors (Lipinski definition) is 5. The van der Waals surface area contributed by atoms with Gasteiger partial charge < -0.3 is 24.4 Å². The maximum atomic E-state index is 12.7. The van der Waals surface area contributed by atoms with Gasteiger partial charge >= 0.3 is 6.03 Å². The fourth-order valence-corrected chi connectivity index (χ4v) is 3.09. The van der Waals surface area contributed by atoms with Crippen molar-refractivity contribution in [1.29, 1.82) is 0 Å². The Labute approximate surface area is 142 Å². The van der Waals surface area contributed by atoms with Gasteiger partial charge in [0.05, 0.1) is 31.2 Å². The molecule has 132 valence electrons. The topological polar surface area (TPSA) is 72.9 Å². The molecule has 1 aromatic rings.